The minimum Gasteiger partial charge on any atom is -0.369 e. The van der Waals surface area contributed by atoms with Crippen molar-refractivity contribution in [2.75, 3.05) is 5.73 Å². The molecule has 0 aliphatic carbocycles. The average molecular weight is 213 g/mol. The summed E-state index contributed by atoms with van der Waals surface area (Å²) in [5, 5.41) is 4.13. The molecule has 5 nitrogen and oxygen atoms in total. The third-order valence-electron chi connectivity index (χ3n) is 2.54. The zero-order chi connectivity index (χ0) is 11.1. The Hall–Kier alpha value is -2.30. The highest BCUT2D eigenvalue weighted by molar-refractivity contribution is 5.80. The van der Waals surface area contributed by atoms with Gasteiger partial charge in [-0.3, -0.25) is 9.25 Å². The van der Waals surface area contributed by atoms with Crippen LogP contribution in [0.4, 0.5) is 5.95 Å². The van der Waals surface area contributed by atoms with E-state index in [0.29, 0.717) is 5.95 Å². The number of hydrogen-bond acceptors (Lipinski definition) is 3. The summed E-state index contributed by atoms with van der Waals surface area (Å²) in [5.41, 5.74) is 8.72. The molecule has 2 aromatic heterocycles. The molecule has 0 fully saturated rings. The fourth-order valence-corrected chi connectivity index (χ4v) is 1.84. The Kier molecular flexibility index (Phi) is 1.73. The Morgan fingerprint density at radius 3 is 2.81 bits per heavy atom. The Balaban J connectivity index is 2.34. The molecule has 0 bridgehead atoms. The largest absolute Gasteiger partial charge is 0.369 e. The first-order valence-electron chi connectivity index (χ1n) is 4.98. The zero-order valence-electron chi connectivity index (χ0n) is 8.83. The number of nitrogen functional groups attached to an aromatic ring is 1. The number of aryl methyl sites for hydroxylation is 1. The van der Waals surface area contributed by atoms with Crippen molar-refractivity contribution in [1.29, 1.82) is 0 Å². The molecule has 80 valence electrons. The number of imidazole rings is 1. The Morgan fingerprint density at radius 1 is 1.25 bits per heavy atom. The Bertz CT molecular complexity index is 649. The molecule has 0 aliphatic heterocycles. The van der Waals surface area contributed by atoms with Crippen molar-refractivity contribution in [3.05, 3.63) is 36.7 Å². The summed E-state index contributed by atoms with van der Waals surface area (Å²) < 4.78 is 3.63. The summed E-state index contributed by atoms with van der Waals surface area (Å²) in [5.74, 6) is 0.481. The van der Waals surface area contributed by atoms with E-state index in [-0.39, 0.29) is 0 Å². The van der Waals surface area contributed by atoms with E-state index in [0.717, 1.165) is 16.7 Å². The lowest BCUT2D eigenvalue weighted by atomic mass is 10.3. The van der Waals surface area contributed by atoms with Crippen molar-refractivity contribution < 1.29 is 0 Å². The van der Waals surface area contributed by atoms with Crippen molar-refractivity contribution >= 4 is 17.0 Å². The van der Waals surface area contributed by atoms with E-state index < -0.39 is 0 Å². The van der Waals surface area contributed by atoms with E-state index in [4.69, 9.17) is 5.73 Å². The Labute approximate surface area is 92.1 Å². The molecule has 0 saturated carbocycles. The molecule has 0 radical (unpaired) electrons. The summed E-state index contributed by atoms with van der Waals surface area (Å²) in [6.45, 7) is 0. The number of fused-ring (bicyclic) bond motifs is 1. The van der Waals surface area contributed by atoms with Crippen molar-refractivity contribution in [3.63, 3.8) is 0 Å². The second kappa shape index (κ2) is 3.10. The fourth-order valence-electron chi connectivity index (χ4n) is 1.84. The van der Waals surface area contributed by atoms with Crippen LogP contribution in [-0.4, -0.2) is 19.3 Å². The van der Waals surface area contributed by atoms with E-state index in [2.05, 4.69) is 10.1 Å². The molecular weight excluding hydrogens is 202 g/mol. The first-order chi connectivity index (χ1) is 7.75. The fraction of sp³-hybridized carbons (Fsp3) is 0.0909. The number of aromatic nitrogens is 4. The highest BCUT2D eigenvalue weighted by Gasteiger charge is 2.10. The standard InChI is InChI=1S/C11H11N5/c1-15-7-8(6-13-15)16-10-5-3-2-4-9(10)14-11(16)12/h2-7H,1H3,(H2,12,14). The smallest absolute Gasteiger partial charge is 0.206 e. The SMILES string of the molecule is Cn1cc(-n2c(N)nc3ccccc32)cn1. The minimum absolute atomic E-state index is 0.481. The molecule has 3 rings (SSSR count). The normalized spacial score (nSPS) is 11.1. The molecule has 2 heterocycles. The topological polar surface area (TPSA) is 61.7 Å². The van der Waals surface area contributed by atoms with Gasteiger partial charge in [-0.05, 0) is 12.1 Å². The zero-order valence-corrected chi connectivity index (χ0v) is 8.83. The highest BCUT2D eigenvalue weighted by Crippen LogP contribution is 2.21. The van der Waals surface area contributed by atoms with E-state index in [1.54, 1.807) is 10.9 Å². The maximum Gasteiger partial charge on any atom is 0.206 e. The van der Waals surface area contributed by atoms with Crippen molar-refractivity contribution in [2.24, 2.45) is 7.05 Å². The third kappa shape index (κ3) is 1.18. The van der Waals surface area contributed by atoms with Crippen LogP contribution >= 0.6 is 0 Å². The second-order valence-electron chi connectivity index (χ2n) is 3.67. The molecule has 3 aromatic rings. The number of rotatable bonds is 1. The van der Waals surface area contributed by atoms with Gasteiger partial charge in [-0.15, -0.1) is 0 Å². The van der Waals surface area contributed by atoms with Gasteiger partial charge >= 0.3 is 0 Å². The Morgan fingerprint density at radius 2 is 2.06 bits per heavy atom. The first-order valence-corrected chi connectivity index (χ1v) is 4.98. The van der Waals surface area contributed by atoms with Crippen LogP contribution < -0.4 is 5.73 Å². The first kappa shape index (κ1) is 8.96. The molecule has 0 unspecified atom stereocenters. The van der Waals surface area contributed by atoms with Crippen LogP contribution in [-0.2, 0) is 7.05 Å². The molecular formula is C11H11N5. The van der Waals surface area contributed by atoms with Crippen molar-refractivity contribution in [2.45, 2.75) is 0 Å². The molecule has 0 amide bonds. The highest BCUT2D eigenvalue weighted by atomic mass is 15.3. The maximum absolute atomic E-state index is 5.91. The van der Waals surface area contributed by atoms with E-state index in [1.807, 2.05) is 42.1 Å². The average Bonchev–Trinajstić information content (AvgIpc) is 2.80. The molecule has 1 aromatic carbocycles. The lowest BCUT2D eigenvalue weighted by molar-refractivity contribution is 0.767. The van der Waals surface area contributed by atoms with Gasteiger partial charge in [0.1, 0.15) is 0 Å². The molecule has 5 heteroatoms. The van der Waals surface area contributed by atoms with Crippen LogP contribution in [0.5, 0.6) is 0 Å². The third-order valence-corrected chi connectivity index (χ3v) is 2.54. The van der Waals surface area contributed by atoms with Gasteiger partial charge in [-0.25, -0.2) is 4.98 Å². The van der Waals surface area contributed by atoms with Crippen LogP contribution in [0.2, 0.25) is 0 Å². The number of nitrogens with zero attached hydrogens (tertiary/aromatic N) is 4. The maximum atomic E-state index is 5.91. The van der Waals surface area contributed by atoms with Gasteiger partial charge in [-0.2, -0.15) is 5.10 Å². The minimum atomic E-state index is 0.481. The van der Waals surface area contributed by atoms with Crippen molar-refractivity contribution in [3.8, 4) is 5.69 Å². The van der Waals surface area contributed by atoms with Crippen molar-refractivity contribution in [1.82, 2.24) is 19.3 Å². The van der Waals surface area contributed by atoms with Gasteiger partial charge in [0.15, 0.2) is 0 Å². The van der Waals surface area contributed by atoms with Gasteiger partial charge in [0.2, 0.25) is 5.95 Å². The van der Waals surface area contributed by atoms with E-state index in [9.17, 15) is 0 Å². The summed E-state index contributed by atoms with van der Waals surface area (Å²) in [6, 6.07) is 7.85. The number of benzene rings is 1. The summed E-state index contributed by atoms with van der Waals surface area (Å²) in [6.07, 6.45) is 3.68. The van der Waals surface area contributed by atoms with Crippen LogP contribution in [0.3, 0.4) is 0 Å². The molecule has 0 aliphatic rings. The quantitative estimate of drug-likeness (QED) is 0.663. The van der Waals surface area contributed by atoms with E-state index >= 15 is 0 Å². The lowest BCUT2D eigenvalue weighted by Crippen LogP contribution is -1.99. The van der Waals surface area contributed by atoms with E-state index in [1.165, 1.54) is 0 Å². The van der Waals surface area contributed by atoms with Gasteiger partial charge in [0.25, 0.3) is 0 Å². The summed E-state index contributed by atoms with van der Waals surface area (Å²) in [4.78, 5) is 4.30. The van der Waals surface area contributed by atoms with Crippen LogP contribution in [0.1, 0.15) is 0 Å². The molecule has 0 saturated heterocycles. The predicted octanol–water partition coefficient (Wildman–Crippen LogP) is 1.34. The predicted molar refractivity (Wildman–Crippen MR) is 62.2 cm³/mol. The van der Waals surface area contributed by atoms with Crippen LogP contribution in [0, 0.1) is 0 Å². The van der Waals surface area contributed by atoms with Gasteiger partial charge < -0.3 is 5.73 Å². The summed E-state index contributed by atoms with van der Waals surface area (Å²) >= 11 is 0. The molecule has 16 heavy (non-hydrogen) atoms. The number of hydrogen-bond donors (Lipinski definition) is 1. The number of para-hydroxylation sites is 2. The molecule has 0 atom stereocenters. The van der Waals surface area contributed by atoms with Gasteiger partial charge in [0, 0.05) is 13.2 Å². The van der Waals surface area contributed by atoms with Crippen LogP contribution in [0.25, 0.3) is 16.7 Å². The van der Waals surface area contributed by atoms with Crippen LogP contribution in [0.15, 0.2) is 36.7 Å². The molecule has 0 spiro atoms. The van der Waals surface area contributed by atoms with Gasteiger partial charge in [-0.1, -0.05) is 12.1 Å². The second-order valence-corrected chi connectivity index (χ2v) is 3.67. The monoisotopic (exact) mass is 213 g/mol. The lowest BCUT2D eigenvalue weighted by Gasteiger charge is -2.01. The number of anilines is 1. The number of nitrogens with two attached hydrogens (primary N) is 1. The molecule has 2 N–H and O–H groups in total. The summed E-state index contributed by atoms with van der Waals surface area (Å²) in [7, 11) is 1.87. The van der Waals surface area contributed by atoms with Gasteiger partial charge in [0.05, 0.1) is 22.9 Å².